The van der Waals surface area contributed by atoms with E-state index >= 15 is 0 Å². The van der Waals surface area contributed by atoms with Gasteiger partial charge in [-0.25, -0.2) is 4.39 Å². The predicted octanol–water partition coefficient (Wildman–Crippen LogP) is 2.19. The van der Waals surface area contributed by atoms with Crippen LogP contribution in [-0.4, -0.2) is 17.6 Å². The quantitative estimate of drug-likeness (QED) is 0.855. The SMILES string of the molecule is O=C(Nc1cc(Cl)ccc1F)C1(CO)CC1. The molecule has 86 valence electrons. The molecule has 1 amide bonds. The summed E-state index contributed by atoms with van der Waals surface area (Å²) in [5, 5.41) is 11.8. The highest BCUT2D eigenvalue weighted by atomic mass is 35.5. The number of amides is 1. The first-order valence-electron chi connectivity index (χ1n) is 4.95. The lowest BCUT2D eigenvalue weighted by molar-refractivity contribution is -0.122. The number of carbonyl (C=O) groups is 1. The van der Waals surface area contributed by atoms with Crippen LogP contribution in [0.15, 0.2) is 18.2 Å². The fourth-order valence-corrected chi connectivity index (χ4v) is 1.63. The van der Waals surface area contributed by atoms with Gasteiger partial charge in [-0.05, 0) is 31.0 Å². The standard InChI is InChI=1S/C11H11ClFNO2/c12-7-1-2-8(13)9(5-7)14-10(16)11(6-15)3-4-11/h1-2,5,15H,3-4,6H2,(H,14,16). The minimum Gasteiger partial charge on any atom is -0.395 e. The Balaban J connectivity index is 2.15. The van der Waals surface area contributed by atoms with E-state index in [1.54, 1.807) is 0 Å². The second-order valence-corrected chi connectivity index (χ2v) is 4.45. The third-order valence-electron chi connectivity index (χ3n) is 2.81. The van der Waals surface area contributed by atoms with E-state index in [1.807, 2.05) is 0 Å². The van der Waals surface area contributed by atoms with Gasteiger partial charge in [0, 0.05) is 5.02 Å². The summed E-state index contributed by atoms with van der Waals surface area (Å²) >= 11 is 5.70. The Bertz CT molecular complexity index is 432. The first-order chi connectivity index (χ1) is 7.57. The molecule has 1 fully saturated rings. The molecule has 2 rings (SSSR count). The summed E-state index contributed by atoms with van der Waals surface area (Å²) in [6.07, 6.45) is 1.27. The van der Waals surface area contributed by atoms with Gasteiger partial charge in [-0.15, -0.1) is 0 Å². The molecule has 3 nitrogen and oxygen atoms in total. The maximum Gasteiger partial charge on any atom is 0.232 e. The third-order valence-corrected chi connectivity index (χ3v) is 3.05. The molecule has 1 saturated carbocycles. The van der Waals surface area contributed by atoms with Crippen LogP contribution >= 0.6 is 11.6 Å². The monoisotopic (exact) mass is 243 g/mol. The second kappa shape index (κ2) is 4.03. The van der Waals surface area contributed by atoms with Crippen molar-refractivity contribution in [1.82, 2.24) is 0 Å². The Morgan fingerprint density at radius 1 is 1.56 bits per heavy atom. The number of halogens is 2. The number of hydrogen-bond acceptors (Lipinski definition) is 2. The van der Waals surface area contributed by atoms with Crippen molar-refractivity contribution in [2.24, 2.45) is 5.41 Å². The molecule has 5 heteroatoms. The second-order valence-electron chi connectivity index (χ2n) is 4.02. The molecule has 0 spiro atoms. The van der Waals surface area contributed by atoms with Crippen molar-refractivity contribution in [3.63, 3.8) is 0 Å². The number of aliphatic hydroxyl groups excluding tert-OH is 1. The van der Waals surface area contributed by atoms with Crippen LogP contribution < -0.4 is 5.32 Å². The summed E-state index contributed by atoms with van der Waals surface area (Å²) < 4.78 is 13.3. The average molecular weight is 244 g/mol. The van der Waals surface area contributed by atoms with E-state index in [4.69, 9.17) is 16.7 Å². The van der Waals surface area contributed by atoms with E-state index in [-0.39, 0.29) is 18.2 Å². The van der Waals surface area contributed by atoms with Crippen molar-refractivity contribution in [2.75, 3.05) is 11.9 Å². The number of aliphatic hydroxyl groups is 1. The summed E-state index contributed by atoms with van der Waals surface area (Å²) in [7, 11) is 0. The number of hydrogen-bond donors (Lipinski definition) is 2. The largest absolute Gasteiger partial charge is 0.395 e. The summed E-state index contributed by atoms with van der Waals surface area (Å²) in [5.41, 5.74) is -0.661. The number of benzene rings is 1. The molecule has 0 aliphatic heterocycles. The van der Waals surface area contributed by atoms with Gasteiger partial charge >= 0.3 is 0 Å². The van der Waals surface area contributed by atoms with Crippen molar-refractivity contribution in [3.8, 4) is 0 Å². The van der Waals surface area contributed by atoms with Crippen LogP contribution in [0, 0.1) is 11.2 Å². The molecular formula is C11H11ClFNO2. The topological polar surface area (TPSA) is 49.3 Å². The van der Waals surface area contributed by atoms with Crippen LogP contribution in [0.5, 0.6) is 0 Å². The lowest BCUT2D eigenvalue weighted by Gasteiger charge is -2.12. The predicted molar refractivity (Wildman–Crippen MR) is 58.8 cm³/mol. The highest BCUT2D eigenvalue weighted by Crippen LogP contribution is 2.46. The van der Waals surface area contributed by atoms with Crippen molar-refractivity contribution in [2.45, 2.75) is 12.8 Å². The fourth-order valence-electron chi connectivity index (χ4n) is 1.46. The van der Waals surface area contributed by atoms with E-state index in [2.05, 4.69) is 5.32 Å². The zero-order valence-electron chi connectivity index (χ0n) is 8.46. The van der Waals surface area contributed by atoms with Crippen molar-refractivity contribution >= 4 is 23.2 Å². The Morgan fingerprint density at radius 2 is 2.25 bits per heavy atom. The molecule has 1 aromatic rings. The normalized spacial score (nSPS) is 16.9. The average Bonchev–Trinajstić information content (AvgIpc) is 3.04. The van der Waals surface area contributed by atoms with Gasteiger partial charge in [0.25, 0.3) is 0 Å². The summed E-state index contributed by atoms with van der Waals surface area (Å²) in [5.74, 6) is -0.886. The van der Waals surface area contributed by atoms with Crippen LogP contribution in [0.1, 0.15) is 12.8 Å². The number of rotatable bonds is 3. The molecule has 0 heterocycles. The van der Waals surface area contributed by atoms with Gasteiger partial charge in [-0.3, -0.25) is 4.79 Å². The highest BCUT2D eigenvalue weighted by molar-refractivity contribution is 6.30. The highest BCUT2D eigenvalue weighted by Gasteiger charge is 2.49. The molecule has 0 saturated heterocycles. The van der Waals surface area contributed by atoms with Crippen molar-refractivity contribution in [1.29, 1.82) is 0 Å². The van der Waals surface area contributed by atoms with E-state index in [1.165, 1.54) is 18.2 Å². The first kappa shape index (κ1) is 11.4. The van der Waals surface area contributed by atoms with Gasteiger partial charge in [-0.2, -0.15) is 0 Å². The Labute approximate surface area is 97.2 Å². The van der Waals surface area contributed by atoms with E-state index in [0.29, 0.717) is 17.9 Å². The molecule has 0 atom stereocenters. The summed E-state index contributed by atoms with van der Waals surface area (Å²) in [6.45, 7) is -0.207. The molecular weight excluding hydrogens is 233 g/mol. The van der Waals surface area contributed by atoms with Crippen LogP contribution in [-0.2, 0) is 4.79 Å². The van der Waals surface area contributed by atoms with Crippen molar-refractivity contribution < 1.29 is 14.3 Å². The maximum absolute atomic E-state index is 13.3. The van der Waals surface area contributed by atoms with Gasteiger partial charge in [-0.1, -0.05) is 11.6 Å². The molecule has 2 N–H and O–H groups in total. The number of nitrogens with one attached hydrogen (secondary N) is 1. The van der Waals surface area contributed by atoms with Gasteiger partial charge in [0.15, 0.2) is 0 Å². The first-order valence-corrected chi connectivity index (χ1v) is 5.32. The third kappa shape index (κ3) is 2.03. The Morgan fingerprint density at radius 3 is 2.81 bits per heavy atom. The van der Waals surface area contributed by atoms with Crippen LogP contribution in [0.25, 0.3) is 0 Å². The minimum absolute atomic E-state index is 0.0530. The van der Waals surface area contributed by atoms with E-state index in [0.717, 1.165) is 0 Å². The Hall–Kier alpha value is -1.13. The number of carbonyl (C=O) groups excluding carboxylic acids is 1. The van der Waals surface area contributed by atoms with Gasteiger partial charge in [0.05, 0.1) is 17.7 Å². The van der Waals surface area contributed by atoms with Gasteiger partial charge in [0.2, 0.25) is 5.91 Å². The molecule has 1 aliphatic rings. The Kier molecular flexibility index (Phi) is 2.86. The summed E-state index contributed by atoms with van der Waals surface area (Å²) in [4.78, 5) is 11.7. The molecule has 1 aromatic carbocycles. The zero-order valence-corrected chi connectivity index (χ0v) is 9.22. The molecule has 0 bridgehead atoms. The fraction of sp³-hybridized carbons (Fsp3) is 0.364. The smallest absolute Gasteiger partial charge is 0.232 e. The van der Waals surface area contributed by atoms with Gasteiger partial charge in [0.1, 0.15) is 5.82 Å². The van der Waals surface area contributed by atoms with Crippen LogP contribution in [0.2, 0.25) is 5.02 Å². The minimum atomic E-state index is -0.714. The lowest BCUT2D eigenvalue weighted by atomic mass is 10.1. The zero-order chi connectivity index (χ0) is 11.8. The van der Waals surface area contributed by atoms with E-state index in [9.17, 15) is 9.18 Å². The van der Waals surface area contributed by atoms with Crippen LogP contribution in [0.4, 0.5) is 10.1 Å². The molecule has 0 unspecified atom stereocenters. The lowest BCUT2D eigenvalue weighted by Crippen LogP contribution is -2.27. The molecule has 1 aliphatic carbocycles. The van der Waals surface area contributed by atoms with Gasteiger partial charge < -0.3 is 10.4 Å². The molecule has 0 radical (unpaired) electrons. The number of anilines is 1. The van der Waals surface area contributed by atoms with Crippen molar-refractivity contribution in [3.05, 3.63) is 29.0 Å². The van der Waals surface area contributed by atoms with Crippen LogP contribution in [0.3, 0.4) is 0 Å². The molecule has 16 heavy (non-hydrogen) atoms. The van der Waals surface area contributed by atoms with E-state index < -0.39 is 11.2 Å². The maximum atomic E-state index is 13.3. The molecule has 0 aromatic heterocycles. The summed E-state index contributed by atoms with van der Waals surface area (Å²) in [6, 6.07) is 3.95.